The molecule has 3 aliphatic heterocycles. The lowest BCUT2D eigenvalue weighted by atomic mass is 9.88. The van der Waals surface area contributed by atoms with E-state index in [-0.39, 0.29) is 19.1 Å². The number of piperidine rings is 1. The molecule has 1 amide bonds. The third-order valence-corrected chi connectivity index (χ3v) is 8.02. The number of para-hydroxylation sites is 1. The number of aliphatic hydroxyl groups excluding tert-OH is 1. The van der Waals surface area contributed by atoms with Gasteiger partial charge in [-0.1, -0.05) is 54.6 Å². The van der Waals surface area contributed by atoms with Crippen molar-refractivity contribution in [2.45, 2.75) is 24.9 Å². The topological polar surface area (TPSA) is 71.5 Å². The molecule has 2 saturated heterocycles. The first kappa shape index (κ1) is 25.9. The van der Waals surface area contributed by atoms with Crippen LogP contribution in [0.15, 0.2) is 66.2 Å². The molecule has 3 aromatic rings. The Labute approximate surface area is 229 Å². The predicted molar refractivity (Wildman–Crippen MR) is 151 cm³/mol. The van der Waals surface area contributed by atoms with Crippen molar-refractivity contribution < 1.29 is 24.1 Å². The van der Waals surface area contributed by atoms with Crippen LogP contribution in [0.25, 0.3) is 16.8 Å². The van der Waals surface area contributed by atoms with E-state index in [1.165, 1.54) is 16.3 Å². The summed E-state index contributed by atoms with van der Waals surface area (Å²) >= 11 is 0. The van der Waals surface area contributed by atoms with Gasteiger partial charge in [0.25, 0.3) is 5.91 Å². The van der Waals surface area contributed by atoms with E-state index in [1.807, 2.05) is 29.2 Å². The average molecular weight is 529 g/mol. The highest BCUT2D eigenvalue weighted by Crippen LogP contribution is 2.36. The number of hydrogen-bond donors (Lipinski definition) is 1. The van der Waals surface area contributed by atoms with E-state index in [2.05, 4.69) is 47.4 Å². The summed E-state index contributed by atoms with van der Waals surface area (Å²) in [7, 11) is 0. The van der Waals surface area contributed by atoms with Crippen molar-refractivity contribution in [3.8, 4) is 11.5 Å². The van der Waals surface area contributed by atoms with Gasteiger partial charge in [-0.3, -0.25) is 4.79 Å². The second kappa shape index (κ2) is 11.8. The highest BCUT2D eigenvalue weighted by Gasteiger charge is 2.26. The summed E-state index contributed by atoms with van der Waals surface area (Å²) in [4.78, 5) is 17.0. The summed E-state index contributed by atoms with van der Waals surface area (Å²) in [6.07, 6.45) is 3.46. The van der Waals surface area contributed by atoms with Crippen LogP contribution in [0.1, 0.15) is 29.9 Å². The average Bonchev–Trinajstić information content (AvgIpc) is 3.00. The maximum atomic E-state index is 12.9. The Morgan fingerprint density at radius 3 is 2.59 bits per heavy atom. The Morgan fingerprint density at radius 2 is 1.77 bits per heavy atom. The second-order valence-corrected chi connectivity index (χ2v) is 10.7. The molecule has 3 aliphatic rings. The molecule has 2 fully saturated rings. The van der Waals surface area contributed by atoms with Gasteiger partial charge in [0, 0.05) is 25.2 Å². The number of carbonyl (C=O) groups excluding carboxylic acids is 1. The molecule has 0 unspecified atom stereocenters. The molecule has 1 atom stereocenters. The predicted octanol–water partition coefficient (Wildman–Crippen LogP) is 4.09. The van der Waals surface area contributed by atoms with E-state index < -0.39 is 6.10 Å². The van der Waals surface area contributed by atoms with Crippen LogP contribution in [0.3, 0.4) is 0 Å². The Kier molecular flexibility index (Phi) is 7.81. The van der Waals surface area contributed by atoms with Crippen LogP contribution < -0.4 is 9.47 Å². The lowest BCUT2D eigenvalue weighted by Crippen LogP contribution is -2.42. The van der Waals surface area contributed by atoms with Gasteiger partial charge in [0.15, 0.2) is 11.5 Å². The molecule has 1 N–H and O–H groups in total. The molecule has 7 heteroatoms. The van der Waals surface area contributed by atoms with Crippen LogP contribution in [0, 0.1) is 0 Å². The quantitative estimate of drug-likeness (QED) is 0.498. The number of ether oxygens (including phenoxy) is 3. The molecule has 0 aromatic heterocycles. The third kappa shape index (κ3) is 5.96. The molecule has 6 rings (SSSR count). The lowest BCUT2D eigenvalue weighted by Gasteiger charge is -2.33. The molecular formula is C32H36N2O5. The minimum Gasteiger partial charge on any atom is -0.487 e. The summed E-state index contributed by atoms with van der Waals surface area (Å²) in [5, 5.41) is 13.3. The number of amides is 1. The zero-order valence-electron chi connectivity index (χ0n) is 22.3. The zero-order chi connectivity index (χ0) is 26.6. The fraction of sp³-hybridized carbons (Fsp3) is 0.406. The Hall–Kier alpha value is -3.39. The summed E-state index contributed by atoms with van der Waals surface area (Å²) in [6, 6.07) is 21.0. The Balaban J connectivity index is 1.00. The van der Waals surface area contributed by atoms with E-state index in [1.54, 1.807) is 0 Å². The van der Waals surface area contributed by atoms with Gasteiger partial charge in [0.1, 0.15) is 19.3 Å². The van der Waals surface area contributed by atoms with Gasteiger partial charge in [-0.2, -0.15) is 0 Å². The number of morpholine rings is 1. The molecule has 204 valence electrons. The van der Waals surface area contributed by atoms with Crippen molar-refractivity contribution in [2.24, 2.45) is 0 Å². The summed E-state index contributed by atoms with van der Waals surface area (Å²) < 4.78 is 17.3. The first-order valence-corrected chi connectivity index (χ1v) is 14.0. The molecule has 0 aliphatic carbocycles. The first-order chi connectivity index (χ1) is 19.1. The van der Waals surface area contributed by atoms with E-state index in [0.29, 0.717) is 55.8 Å². The van der Waals surface area contributed by atoms with Gasteiger partial charge in [0.2, 0.25) is 0 Å². The van der Waals surface area contributed by atoms with Crippen molar-refractivity contribution in [3.63, 3.8) is 0 Å². The number of aliphatic hydroxyl groups is 1. The summed E-state index contributed by atoms with van der Waals surface area (Å²) in [5.41, 5.74) is 2.87. The van der Waals surface area contributed by atoms with Crippen molar-refractivity contribution >= 4 is 22.8 Å². The molecule has 39 heavy (non-hydrogen) atoms. The minimum absolute atomic E-state index is 0.00456. The van der Waals surface area contributed by atoms with E-state index in [0.717, 1.165) is 31.5 Å². The SMILES string of the molecule is O=C(C1=Cc2cccc(OC[C@@H](O)CN3CCC(c4ccc5ccccc5c4)CC3)c2OC1)N1CCOCC1. The normalized spacial score (nSPS) is 19.2. The molecule has 0 radical (unpaired) electrons. The minimum atomic E-state index is -0.601. The summed E-state index contributed by atoms with van der Waals surface area (Å²) in [6.45, 7) is 5.24. The lowest BCUT2D eigenvalue weighted by molar-refractivity contribution is -0.131. The molecule has 7 nitrogen and oxygen atoms in total. The largest absolute Gasteiger partial charge is 0.487 e. The number of rotatable bonds is 7. The molecule has 0 bridgehead atoms. The number of fused-ring (bicyclic) bond motifs is 2. The first-order valence-electron chi connectivity index (χ1n) is 14.0. The number of β-amino-alcohol motifs (C(OH)–C–C–N with tert-alkyl or cyclic N) is 1. The molecule has 3 aromatic carbocycles. The standard InChI is InChI=1S/C32H36N2O5/c35-29(20-33-12-10-24(11-13-33)26-9-8-23-4-1-2-5-25(23)18-26)22-38-30-7-3-6-27-19-28(21-39-31(27)30)32(36)34-14-16-37-17-15-34/h1-9,18-19,24,29,35H,10-17,20-22H2/t29-/m0/s1. The van der Waals surface area contributed by atoms with Gasteiger partial charge >= 0.3 is 0 Å². The highest BCUT2D eigenvalue weighted by atomic mass is 16.5. The molecular weight excluding hydrogens is 492 g/mol. The van der Waals surface area contributed by atoms with Gasteiger partial charge in [0.05, 0.1) is 18.8 Å². The molecule has 3 heterocycles. The second-order valence-electron chi connectivity index (χ2n) is 10.7. The van der Waals surface area contributed by atoms with Gasteiger partial charge in [-0.15, -0.1) is 0 Å². The third-order valence-electron chi connectivity index (χ3n) is 8.02. The Bertz CT molecular complexity index is 1340. The van der Waals surface area contributed by atoms with E-state index in [9.17, 15) is 9.90 Å². The number of carbonyl (C=O) groups is 1. The highest BCUT2D eigenvalue weighted by molar-refractivity contribution is 5.99. The number of benzene rings is 3. The van der Waals surface area contributed by atoms with Crippen molar-refractivity contribution in [1.82, 2.24) is 9.80 Å². The fourth-order valence-corrected chi connectivity index (χ4v) is 5.83. The van der Waals surface area contributed by atoms with Crippen molar-refractivity contribution in [3.05, 3.63) is 77.4 Å². The van der Waals surface area contributed by atoms with Crippen molar-refractivity contribution in [1.29, 1.82) is 0 Å². The summed E-state index contributed by atoms with van der Waals surface area (Å²) in [5.74, 6) is 1.77. The van der Waals surface area contributed by atoms with Crippen LogP contribution in [-0.2, 0) is 9.53 Å². The number of likely N-dealkylation sites (tertiary alicyclic amines) is 1. The smallest absolute Gasteiger partial charge is 0.253 e. The van der Waals surface area contributed by atoms with Crippen LogP contribution >= 0.6 is 0 Å². The zero-order valence-corrected chi connectivity index (χ0v) is 22.3. The van der Waals surface area contributed by atoms with E-state index in [4.69, 9.17) is 14.2 Å². The van der Waals surface area contributed by atoms with Crippen LogP contribution in [0.4, 0.5) is 0 Å². The maximum absolute atomic E-state index is 12.9. The van der Waals surface area contributed by atoms with E-state index >= 15 is 0 Å². The monoisotopic (exact) mass is 528 g/mol. The maximum Gasteiger partial charge on any atom is 0.253 e. The molecule has 0 saturated carbocycles. The number of nitrogens with zero attached hydrogens (tertiary/aromatic N) is 2. The van der Waals surface area contributed by atoms with Gasteiger partial charge in [-0.05, 0) is 60.3 Å². The van der Waals surface area contributed by atoms with Crippen LogP contribution in [0.2, 0.25) is 0 Å². The molecule has 0 spiro atoms. The Morgan fingerprint density at radius 1 is 0.974 bits per heavy atom. The number of hydrogen-bond acceptors (Lipinski definition) is 6. The van der Waals surface area contributed by atoms with Gasteiger partial charge < -0.3 is 29.1 Å². The van der Waals surface area contributed by atoms with Crippen molar-refractivity contribution in [2.75, 3.05) is 59.2 Å². The fourth-order valence-electron chi connectivity index (χ4n) is 5.83. The van der Waals surface area contributed by atoms with Gasteiger partial charge in [-0.25, -0.2) is 0 Å². The van der Waals surface area contributed by atoms with Crippen LogP contribution in [-0.4, -0.2) is 86.1 Å². The van der Waals surface area contributed by atoms with Crippen LogP contribution in [0.5, 0.6) is 11.5 Å².